The quantitative estimate of drug-likeness (QED) is 0.624. The molecule has 0 unspecified atom stereocenters. The summed E-state index contributed by atoms with van der Waals surface area (Å²) < 4.78 is 0. The molecule has 0 aromatic carbocycles. The van der Waals surface area contributed by atoms with Crippen molar-refractivity contribution in [2.75, 3.05) is 0 Å². The van der Waals surface area contributed by atoms with Crippen molar-refractivity contribution in [3.05, 3.63) is 0 Å². The molecule has 0 amide bonds. The molecule has 29 heavy (non-hydrogen) atoms. The monoisotopic (exact) mass is 406 g/mol. The second kappa shape index (κ2) is 7.42. The van der Waals surface area contributed by atoms with Crippen molar-refractivity contribution in [1.29, 1.82) is 0 Å². The minimum Gasteiger partial charge on any atom is -0.393 e. The number of hydrogen-bond donors (Lipinski definition) is 3. The summed E-state index contributed by atoms with van der Waals surface area (Å²) >= 11 is 0. The fraction of sp³-hybridized carbons (Fsp3) is 0.917. The van der Waals surface area contributed by atoms with Crippen LogP contribution in [0, 0.1) is 46.3 Å². The van der Waals surface area contributed by atoms with Crippen LogP contribution in [0.4, 0.5) is 0 Å². The number of hydrogen-bond acceptors (Lipinski definition) is 5. The van der Waals surface area contributed by atoms with Gasteiger partial charge in [0.05, 0.1) is 12.2 Å². The summed E-state index contributed by atoms with van der Waals surface area (Å²) in [7, 11) is 0. The standard InChI is InChI=1S/C24H38O5/c1-13(5-4-10-25)15-6-7-16-20-17(12-19(27)24(15,16)3)23(2)9-8-14(26)11-18(23)21(28)22(20)29/h10,13-21,26-28H,4-9,11-12H2,1-3H3/t13-,14-,15-,16+,17+,18+,19+,20+,21-,23-,24-/m1/s1. The van der Waals surface area contributed by atoms with E-state index in [0.717, 1.165) is 32.0 Å². The van der Waals surface area contributed by atoms with Gasteiger partial charge in [0, 0.05) is 23.7 Å². The molecule has 5 nitrogen and oxygen atoms in total. The Balaban J connectivity index is 1.68. The average Bonchev–Trinajstić information content (AvgIpc) is 3.05. The van der Waals surface area contributed by atoms with Crippen molar-refractivity contribution in [2.45, 2.75) is 90.4 Å². The fourth-order valence-corrected chi connectivity index (χ4v) is 8.43. The van der Waals surface area contributed by atoms with Crippen LogP contribution in [0.15, 0.2) is 0 Å². The number of fused-ring (bicyclic) bond motifs is 5. The zero-order valence-corrected chi connectivity index (χ0v) is 18.1. The Morgan fingerprint density at radius 3 is 2.48 bits per heavy atom. The van der Waals surface area contributed by atoms with Crippen LogP contribution in [-0.2, 0) is 9.59 Å². The lowest BCUT2D eigenvalue weighted by Gasteiger charge is -2.62. The maximum absolute atomic E-state index is 13.4. The van der Waals surface area contributed by atoms with Crippen LogP contribution in [0.2, 0.25) is 0 Å². The normalized spacial score (nSPS) is 53.0. The number of rotatable bonds is 4. The van der Waals surface area contributed by atoms with Crippen molar-refractivity contribution >= 4 is 12.1 Å². The number of carbonyl (C=O) groups excluding carboxylic acids is 2. The Bertz CT molecular complexity index is 664. The first-order valence-electron chi connectivity index (χ1n) is 11.7. The summed E-state index contributed by atoms with van der Waals surface area (Å²) in [5.74, 6) is 0.347. The highest BCUT2D eigenvalue weighted by Gasteiger charge is 2.67. The molecule has 3 N–H and O–H groups in total. The lowest BCUT2D eigenvalue weighted by molar-refractivity contribution is -0.201. The number of aliphatic hydroxyl groups is 3. The number of carbonyl (C=O) groups is 2. The van der Waals surface area contributed by atoms with E-state index in [4.69, 9.17) is 0 Å². The van der Waals surface area contributed by atoms with Crippen LogP contribution in [-0.4, -0.2) is 45.7 Å². The SMILES string of the molecule is C[C@H](CCC=O)[C@H]1CC[C@H]2[C@@H]3C(=O)[C@H](O)[C@@H]4C[C@H](O)CC[C@]4(C)[C@H]3C[C@H](O)[C@]12C. The van der Waals surface area contributed by atoms with Gasteiger partial charge in [-0.25, -0.2) is 0 Å². The Labute approximate surface area is 174 Å². The molecule has 164 valence electrons. The summed E-state index contributed by atoms with van der Waals surface area (Å²) in [6, 6.07) is 0. The van der Waals surface area contributed by atoms with Gasteiger partial charge in [0.2, 0.25) is 0 Å². The van der Waals surface area contributed by atoms with E-state index in [2.05, 4.69) is 20.8 Å². The van der Waals surface area contributed by atoms with Gasteiger partial charge in [-0.3, -0.25) is 4.79 Å². The van der Waals surface area contributed by atoms with Gasteiger partial charge >= 0.3 is 0 Å². The zero-order valence-electron chi connectivity index (χ0n) is 18.1. The van der Waals surface area contributed by atoms with Crippen molar-refractivity contribution in [3.63, 3.8) is 0 Å². The van der Waals surface area contributed by atoms with Gasteiger partial charge in [-0.2, -0.15) is 0 Å². The first-order chi connectivity index (χ1) is 13.7. The van der Waals surface area contributed by atoms with Crippen molar-refractivity contribution in [2.24, 2.45) is 46.3 Å². The third-order valence-corrected chi connectivity index (χ3v) is 10.1. The molecular weight excluding hydrogens is 368 g/mol. The minimum absolute atomic E-state index is 0.0455. The molecule has 5 heteroatoms. The third-order valence-electron chi connectivity index (χ3n) is 10.1. The molecule has 4 fully saturated rings. The fourth-order valence-electron chi connectivity index (χ4n) is 8.43. The van der Waals surface area contributed by atoms with E-state index < -0.39 is 18.3 Å². The van der Waals surface area contributed by atoms with E-state index >= 15 is 0 Å². The summed E-state index contributed by atoms with van der Waals surface area (Å²) in [4.78, 5) is 24.3. The summed E-state index contributed by atoms with van der Waals surface area (Å²) in [6.07, 6.45) is 4.92. The maximum atomic E-state index is 13.4. The summed E-state index contributed by atoms with van der Waals surface area (Å²) in [5, 5.41) is 32.6. The molecule has 4 aliphatic rings. The van der Waals surface area contributed by atoms with Crippen LogP contribution in [0.5, 0.6) is 0 Å². The first kappa shape index (κ1) is 21.5. The highest BCUT2D eigenvalue weighted by atomic mass is 16.3. The number of aliphatic hydroxyl groups excluding tert-OH is 3. The van der Waals surface area contributed by atoms with Crippen LogP contribution in [0.25, 0.3) is 0 Å². The van der Waals surface area contributed by atoms with Gasteiger partial charge in [0.15, 0.2) is 5.78 Å². The lowest BCUT2D eigenvalue weighted by Crippen LogP contribution is -2.65. The van der Waals surface area contributed by atoms with E-state index in [1.807, 2.05) is 0 Å². The predicted molar refractivity (Wildman–Crippen MR) is 109 cm³/mol. The van der Waals surface area contributed by atoms with Crippen LogP contribution >= 0.6 is 0 Å². The average molecular weight is 407 g/mol. The van der Waals surface area contributed by atoms with E-state index in [0.29, 0.717) is 37.5 Å². The molecule has 0 heterocycles. The first-order valence-corrected chi connectivity index (χ1v) is 11.7. The second-order valence-electron chi connectivity index (χ2n) is 11.1. The van der Waals surface area contributed by atoms with Gasteiger partial charge in [-0.1, -0.05) is 20.8 Å². The van der Waals surface area contributed by atoms with Crippen LogP contribution < -0.4 is 0 Å². The molecule has 0 spiro atoms. The molecule has 4 aliphatic carbocycles. The lowest BCUT2D eigenvalue weighted by atomic mass is 9.43. The van der Waals surface area contributed by atoms with E-state index in [1.54, 1.807) is 0 Å². The van der Waals surface area contributed by atoms with E-state index in [1.165, 1.54) is 0 Å². The van der Waals surface area contributed by atoms with Gasteiger partial charge in [0.25, 0.3) is 0 Å². The maximum Gasteiger partial charge on any atom is 0.165 e. The van der Waals surface area contributed by atoms with Gasteiger partial charge < -0.3 is 20.1 Å². The zero-order chi connectivity index (χ0) is 21.1. The largest absolute Gasteiger partial charge is 0.393 e. The molecule has 11 atom stereocenters. The Kier molecular flexibility index (Phi) is 5.49. The van der Waals surface area contributed by atoms with E-state index in [9.17, 15) is 24.9 Å². The Hall–Kier alpha value is -0.780. The van der Waals surface area contributed by atoms with E-state index in [-0.39, 0.29) is 40.3 Å². The van der Waals surface area contributed by atoms with Crippen molar-refractivity contribution in [3.8, 4) is 0 Å². The molecule has 0 radical (unpaired) electrons. The second-order valence-corrected chi connectivity index (χ2v) is 11.1. The van der Waals surface area contributed by atoms with Crippen molar-refractivity contribution < 1.29 is 24.9 Å². The molecule has 0 aliphatic heterocycles. The molecule has 0 aromatic heterocycles. The third kappa shape index (κ3) is 2.98. The molecule has 0 aromatic rings. The van der Waals surface area contributed by atoms with Gasteiger partial charge in [-0.05, 0) is 74.0 Å². The minimum atomic E-state index is -0.998. The number of Topliss-reactive ketones (excluding diaryl/α,β-unsaturated/α-hetero) is 1. The predicted octanol–water partition coefficient (Wildman–Crippen LogP) is 2.74. The Morgan fingerprint density at radius 1 is 1.07 bits per heavy atom. The molecule has 4 rings (SSSR count). The Morgan fingerprint density at radius 2 is 1.79 bits per heavy atom. The summed E-state index contributed by atoms with van der Waals surface area (Å²) in [6.45, 7) is 6.52. The molecule has 0 saturated heterocycles. The number of ketones is 1. The highest BCUT2D eigenvalue weighted by Crippen LogP contribution is 2.67. The highest BCUT2D eigenvalue weighted by molar-refractivity contribution is 5.87. The molecular formula is C24H38O5. The van der Waals surface area contributed by atoms with Gasteiger partial charge in [-0.15, -0.1) is 0 Å². The number of aldehydes is 1. The van der Waals surface area contributed by atoms with Crippen LogP contribution in [0.3, 0.4) is 0 Å². The molecule has 0 bridgehead atoms. The van der Waals surface area contributed by atoms with Gasteiger partial charge in [0.1, 0.15) is 12.4 Å². The van der Waals surface area contributed by atoms with Crippen LogP contribution in [0.1, 0.15) is 72.1 Å². The smallest absolute Gasteiger partial charge is 0.165 e. The molecule has 4 saturated carbocycles. The van der Waals surface area contributed by atoms with Crippen molar-refractivity contribution in [1.82, 2.24) is 0 Å². The topological polar surface area (TPSA) is 94.8 Å². The summed E-state index contributed by atoms with van der Waals surface area (Å²) in [5.41, 5.74) is -0.545.